The van der Waals surface area contributed by atoms with Gasteiger partial charge in [0.25, 0.3) is 0 Å². The highest BCUT2D eigenvalue weighted by Crippen LogP contribution is 2.15. The van der Waals surface area contributed by atoms with Crippen LogP contribution >= 0.6 is 15.9 Å². The lowest BCUT2D eigenvalue weighted by Gasteiger charge is -2.02. The Morgan fingerprint density at radius 3 is 2.94 bits per heavy atom. The van der Waals surface area contributed by atoms with E-state index in [4.69, 9.17) is 5.11 Å². The Bertz CT molecular complexity index is 497. The average molecular weight is 283 g/mol. The predicted octanol–water partition coefficient (Wildman–Crippen LogP) is 1.35. The Balaban J connectivity index is 2.24. The summed E-state index contributed by atoms with van der Waals surface area (Å²) in [6.45, 7) is 1.85. The quantitative estimate of drug-likeness (QED) is 0.891. The first-order valence-corrected chi connectivity index (χ1v) is 5.61. The fourth-order valence-corrected chi connectivity index (χ4v) is 1.63. The van der Waals surface area contributed by atoms with Crippen molar-refractivity contribution < 1.29 is 5.11 Å². The fraction of sp³-hybridized carbons (Fsp3) is 0.300. The maximum absolute atomic E-state index is 9.04. The monoisotopic (exact) mass is 282 g/mol. The number of aryl methyl sites for hydroxylation is 1. The molecule has 84 valence electrons. The van der Waals surface area contributed by atoms with Gasteiger partial charge in [-0.1, -0.05) is 5.21 Å². The molecule has 2 heterocycles. The molecule has 16 heavy (non-hydrogen) atoms. The molecule has 5 nitrogen and oxygen atoms in total. The molecule has 0 amide bonds. The summed E-state index contributed by atoms with van der Waals surface area (Å²) in [5.74, 6) is 0. The molecule has 2 rings (SSSR count). The number of hydrogen-bond acceptors (Lipinski definition) is 4. The minimum Gasteiger partial charge on any atom is -0.390 e. The smallest absolute Gasteiger partial charge is 0.0939 e. The molecular formula is C10H11BrN4O. The van der Waals surface area contributed by atoms with Crippen molar-refractivity contribution >= 4 is 15.9 Å². The van der Waals surface area contributed by atoms with E-state index in [1.54, 1.807) is 0 Å². The van der Waals surface area contributed by atoms with Gasteiger partial charge in [-0.2, -0.15) is 0 Å². The van der Waals surface area contributed by atoms with Crippen LogP contribution in [0.3, 0.4) is 0 Å². The standard InChI is InChI=1S/C10H11BrN4O/c1-6-8(11)3-2-7(12-6)4-9-10(5-16)14-15-13-9/h2-3,16H,4-5H2,1H3,(H,13,14,15). The zero-order chi connectivity index (χ0) is 11.5. The highest BCUT2D eigenvalue weighted by Gasteiger charge is 2.08. The number of nitrogens with zero attached hydrogens (tertiary/aromatic N) is 3. The Hall–Kier alpha value is -1.27. The van der Waals surface area contributed by atoms with Gasteiger partial charge in [-0.25, -0.2) is 0 Å². The molecule has 2 N–H and O–H groups in total. The summed E-state index contributed by atoms with van der Waals surface area (Å²) in [5, 5.41) is 19.3. The van der Waals surface area contributed by atoms with Crippen LogP contribution < -0.4 is 0 Å². The molecule has 2 aromatic heterocycles. The molecule has 0 radical (unpaired) electrons. The van der Waals surface area contributed by atoms with Crippen molar-refractivity contribution in [3.63, 3.8) is 0 Å². The van der Waals surface area contributed by atoms with Crippen LogP contribution in [0.4, 0.5) is 0 Å². The van der Waals surface area contributed by atoms with Crippen LogP contribution in [-0.4, -0.2) is 25.5 Å². The third-order valence-corrected chi connectivity index (χ3v) is 3.13. The van der Waals surface area contributed by atoms with E-state index in [0.29, 0.717) is 12.1 Å². The number of aliphatic hydroxyl groups excluding tert-OH is 1. The second kappa shape index (κ2) is 4.71. The Morgan fingerprint density at radius 2 is 2.25 bits per heavy atom. The van der Waals surface area contributed by atoms with Crippen LogP contribution in [0.15, 0.2) is 16.6 Å². The summed E-state index contributed by atoms with van der Waals surface area (Å²) in [7, 11) is 0. The van der Waals surface area contributed by atoms with Gasteiger partial charge < -0.3 is 5.11 Å². The van der Waals surface area contributed by atoms with Crippen LogP contribution in [-0.2, 0) is 13.0 Å². The number of aromatic nitrogens is 4. The van der Waals surface area contributed by atoms with Crippen LogP contribution in [0.2, 0.25) is 0 Å². The number of aromatic amines is 1. The van der Waals surface area contributed by atoms with E-state index in [1.165, 1.54) is 0 Å². The molecule has 2 aromatic rings. The predicted molar refractivity (Wildman–Crippen MR) is 61.8 cm³/mol. The topological polar surface area (TPSA) is 74.7 Å². The maximum Gasteiger partial charge on any atom is 0.0939 e. The molecule has 0 spiro atoms. The van der Waals surface area contributed by atoms with Crippen molar-refractivity contribution in [1.29, 1.82) is 0 Å². The number of H-pyrrole nitrogens is 1. The first kappa shape index (κ1) is 11.2. The van der Waals surface area contributed by atoms with E-state index < -0.39 is 0 Å². The van der Waals surface area contributed by atoms with Gasteiger partial charge in [0.2, 0.25) is 0 Å². The molecule has 0 bridgehead atoms. The van der Waals surface area contributed by atoms with Crippen molar-refractivity contribution in [2.75, 3.05) is 0 Å². The van der Waals surface area contributed by atoms with Gasteiger partial charge in [0.1, 0.15) is 0 Å². The number of pyridine rings is 1. The molecule has 0 aliphatic rings. The first-order chi connectivity index (χ1) is 7.70. The minimum atomic E-state index is -0.0855. The van der Waals surface area contributed by atoms with E-state index in [2.05, 4.69) is 36.3 Å². The van der Waals surface area contributed by atoms with Crippen molar-refractivity contribution in [2.24, 2.45) is 0 Å². The van der Waals surface area contributed by atoms with E-state index in [9.17, 15) is 0 Å². The van der Waals surface area contributed by atoms with Gasteiger partial charge in [0.05, 0.1) is 23.7 Å². The van der Waals surface area contributed by atoms with Gasteiger partial charge in [0.15, 0.2) is 0 Å². The SMILES string of the molecule is Cc1nc(Cc2nn[nH]c2CO)ccc1Br. The van der Waals surface area contributed by atoms with Crippen LogP contribution in [0, 0.1) is 6.92 Å². The Labute approximate surface area is 101 Å². The highest BCUT2D eigenvalue weighted by molar-refractivity contribution is 9.10. The Morgan fingerprint density at radius 1 is 1.44 bits per heavy atom. The maximum atomic E-state index is 9.04. The van der Waals surface area contributed by atoms with Crippen molar-refractivity contribution in [3.05, 3.63) is 39.4 Å². The summed E-state index contributed by atoms with van der Waals surface area (Å²) in [4.78, 5) is 4.41. The Kier molecular flexibility index (Phi) is 3.31. The van der Waals surface area contributed by atoms with E-state index in [-0.39, 0.29) is 6.61 Å². The highest BCUT2D eigenvalue weighted by atomic mass is 79.9. The largest absolute Gasteiger partial charge is 0.390 e. The third kappa shape index (κ3) is 2.28. The molecule has 0 aliphatic heterocycles. The third-order valence-electron chi connectivity index (χ3n) is 2.29. The number of hydrogen-bond donors (Lipinski definition) is 2. The summed E-state index contributed by atoms with van der Waals surface area (Å²) in [6, 6.07) is 3.88. The molecule has 0 saturated heterocycles. The molecule has 0 fully saturated rings. The van der Waals surface area contributed by atoms with Gasteiger partial charge in [-0.15, -0.1) is 5.10 Å². The lowest BCUT2D eigenvalue weighted by atomic mass is 10.2. The fourth-order valence-electron chi connectivity index (χ4n) is 1.41. The van der Waals surface area contributed by atoms with Gasteiger partial charge >= 0.3 is 0 Å². The number of aliphatic hydroxyl groups is 1. The summed E-state index contributed by atoms with van der Waals surface area (Å²) < 4.78 is 0.985. The lowest BCUT2D eigenvalue weighted by molar-refractivity contribution is 0.275. The zero-order valence-electron chi connectivity index (χ0n) is 8.74. The molecular weight excluding hydrogens is 272 g/mol. The second-order valence-corrected chi connectivity index (χ2v) is 4.30. The normalized spacial score (nSPS) is 10.7. The van der Waals surface area contributed by atoms with Crippen molar-refractivity contribution in [3.8, 4) is 0 Å². The number of halogens is 1. The average Bonchev–Trinajstić information content (AvgIpc) is 2.71. The number of nitrogens with one attached hydrogen (secondary N) is 1. The van der Waals surface area contributed by atoms with Gasteiger partial charge in [0, 0.05) is 16.6 Å². The van der Waals surface area contributed by atoms with E-state index in [1.807, 2.05) is 19.1 Å². The minimum absolute atomic E-state index is 0.0855. The van der Waals surface area contributed by atoms with E-state index >= 15 is 0 Å². The molecule has 0 aromatic carbocycles. The van der Waals surface area contributed by atoms with E-state index in [0.717, 1.165) is 21.6 Å². The number of rotatable bonds is 3. The molecule has 0 atom stereocenters. The lowest BCUT2D eigenvalue weighted by Crippen LogP contribution is -1.98. The van der Waals surface area contributed by atoms with Crippen LogP contribution in [0.25, 0.3) is 0 Å². The zero-order valence-corrected chi connectivity index (χ0v) is 10.3. The summed E-state index contributed by atoms with van der Waals surface area (Å²) in [5.41, 5.74) is 3.22. The van der Waals surface area contributed by atoms with Crippen molar-refractivity contribution in [1.82, 2.24) is 20.4 Å². The first-order valence-electron chi connectivity index (χ1n) is 4.82. The second-order valence-electron chi connectivity index (χ2n) is 3.44. The molecule has 0 aliphatic carbocycles. The van der Waals surface area contributed by atoms with Crippen molar-refractivity contribution in [2.45, 2.75) is 20.0 Å². The molecule has 0 unspecified atom stereocenters. The van der Waals surface area contributed by atoms with Gasteiger partial charge in [-0.05, 0) is 35.0 Å². The van der Waals surface area contributed by atoms with Crippen LogP contribution in [0.5, 0.6) is 0 Å². The van der Waals surface area contributed by atoms with Gasteiger partial charge in [-0.3, -0.25) is 10.1 Å². The summed E-state index contributed by atoms with van der Waals surface area (Å²) in [6.07, 6.45) is 0.570. The van der Waals surface area contributed by atoms with Crippen LogP contribution in [0.1, 0.15) is 22.8 Å². The summed E-state index contributed by atoms with van der Waals surface area (Å²) >= 11 is 3.40. The molecule has 0 saturated carbocycles. The molecule has 6 heteroatoms.